The summed E-state index contributed by atoms with van der Waals surface area (Å²) in [7, 11) is -3.69. The molecular formula is C18H21FN2O3S. The van der Waals surface area contributed by atoms with Gasteiger partial charge in [-0.1, -0.05) is 25.1 Å². The summed E-state index contributed by atoms with van der Waals surface area (Å²) in [6, 6.07) is 10.7. The number of sulfonamides is 1. The lowest BCUT2D eigenvalue weighted by molar-refractivity contribution is -0.114. The molecule has 0 radical (unpaired) electrons. The first-order valence-electron chi connectivity index (χ1n) is 7.84. The molecule has 7 heteroatoms. The maximum Gasteiger partial charge on any atom is 0.245 e. The number of amides is 1. The number of carbonyl (C=O) groups excluding carboxylic acids is 1. The zero-order chi connectivity index (χ0) is 18.6. The summed E-state index contributed by atoms with van der Waals surface area (Å²) in [5.74, 6) is -0.937. The van der Waals surface area contributed by atoms with Crippen molar-refractivity contribution in [1.82, 2.24) is 0 Å². The largest absolute Gasteiger partial charge is 0.324 e. The summed E-state index contributed by atoms with van der Waals surface area (Å²) in [5.41, 5.74) is 2.81. The molecule has 0 saturated heterocycles. The Morgan fingerprint density at radius 1 is 1.16 bits per heavy atom. The summed E-state index contributed by atoms with van der Waals surface area (Å²) in [6.45, 7) is 3.47. The molecule has 0 aliphatic heterocycles. The third kappa shape index (κ3) is 4.79. The number of nitrogens with one attached hydrogen (secondary N) is 1. The summed E-state index contributed by atoms with van der Waals surface area (Å²) < 4.78 is 38.1. The Balaban J connectivity index is 2.25. The van der Waals surface area contributed by atoms with Gasteiger partial charge in [-0.15, -0.1) is 0 Å². The zero-order valence-electron chi connectivity index (χ0n) is 14.4. The van der Waals surface area contributed by atoms with Crippen molar-refractivity contribution in [1.29, 1.82) is 0 Å². The van der Waals surface area contributed by atoms with Gasteiger partial charge >= 0.3 is 0 Å². The van der Waals surface area contributed by atoms with Gasteiger partial charge in [-0.05, 0) is 48.7 Å². The standard InChI is InChI=1S/C18H21FN2O3S/c1-4-14-7-5-6-13(2)18(14)20-17(22)12-21(25(3,23)24)16-10-8-15(19)9-11-16/h5-11H,4,12H2,1-3H3,(H,20,22). The second-order valence-electron chi connectivity index (χ2n) is 5.76. The molecule has 0 saturated carbocycles. The highest BCUT2D eigenvalue weighted by Crippen LogP contribution is 2.22. The molecule has 0 aliphatic carbocycles. The van der Waals surface area contributed by atoms with Gasteiger partial charge < -0.3 is 5.32 Å². The first-order valence-corrected chi connectivity index (χ1v) is 9.69. The minimum Gasteiger partial charge on any atom is -0.324 e. The molecule has 1 amide bonds. The smallest absolute Gasteiger partial charge is 0.245 e. The Morgan fingerprint density at radius 2 is 1.80 bits per heavy atom. The van der Waals surface area contributed by atoms with E-state index in [4.69, 9.17) is 0 Å². The lowest BCUT2D eigenvalue weighted by Gasteiger charge is -2.22. The maximum absolute atomic E-state index is 13.1. The highest BCUT2D eigenvalue weighted by atomic mass is 32.2. The molecule has 0 unspecified atom stereocenters. The van der Waals surface area contributed by atoms with E-state index in [1.165, 1.54) is 12.1 Å². The second kappa shape index (κ2) is 7.65. The molecule has 0 heterocycles. The van der Waals surface area contributed by atoms with E-state index in [-0.39, 0.29) is 12.2 Å². The van der Waals surface area contributed by atoms with Crippen molar-refractivity contribution in [2.45, 2.75) is 20.3 Å². The van der Waals surface area contributed by atoms with Crippen LogP contribution in [0.3, 0.4) is 0 Å². The molecular weight excluding hydrogens is 343 g/mol. The molecule has 2 aromatic carbocycles. The fraction of sp³-hybridized carbons (Fsp3) is 0.278. The number of halogens is 1. The Labute approximate surface area is 147 Å². The van der Waals surface area contributed by atoms with Gasteiger partial charge in [0.1, 0.15) is 12.4 Å². The third-order valence-electron chi connectivity index (χ3n) is 3.81. The van der Waals surface area contributed by atoms with Crippen molar-refractivity contribution in [3.05, 3.63) is 59.4 Å². The fourth-order valence-corrected chi connectivity index (χ4v) is 3.38. The average Bonchev–Trinajstić information content (AvgIpc) is 2.54. The minimum atomic E-state index is -3.69. The quantitative estimate of drug-likeness (QED) is 0.856. The van der Waals surface area contributed by atoms with Crippen LogP contribution in [0.15, 0.2) is 42.5 Å². The molecule has 25 heavy (non-hydrogen) atoms. The first-order chi connectivity index (χ1) is 11.7. The van der Waals surface area contributed by atoms with Crippen molar-refractivity contribution >= 4 is 27.3 Å². The van der Waals surface area contributed by atoms with Crippen molar-refractivity contribution < 1.29 is 17.6 Å². The van der Waals surface area contributed by atoms with Gasteiger partial charge in [0, 0.05) is 5.69 Å². The van der Waals surface area contributed by atoms with Gasteiger partial charge in [0.15, 0.2) is 0 Å². The molecule has 2 aromatic rings. The zero-order valence-corrected chi connectivity index (χ0v) is 15.2. The number of para-hydroxylation sites is 1. The highest BCUT2D eigenvalue weighted by molar-refractivity contribution is 7.92. The van der Waals surface area contributed by atoms with Gasteiger partial charge in [-0.25, -0.2) is 12.8 Å². The highest BCUT2D eigenvalue weighted by Gasteiger charge is 2.21. The van der Waals surface area contributed by atoms with E-state index in [0.717, 1.165) is 40.2 Å². The maximum atomic E-state index is 13.1. The van der Waals surface area contributed by atoms with Gasteiger partial charge in [-0.2, -0.15) is 0 Å². The predicted molar refractivity (Wildman–Crippen MR) is 97.8 cm³/mol. The van der Waals surface area contributed by atoms with E-state index in [0.29, 0.717) is 5.69 Å². The van der Waals surface area contributed by atoms with E-state index in [1.54, 1.807) is 0 Å². The van der Waals surface area contributed by atoms with Crippen molar-refractivity contribution in [2.24, 2.45) is 0 Å². The molecule has 0 spiro atoms. The van der Waals surface area contributed by atoms with Crippen molar-refractivity contribution in [3.63, 3.8) is 0 Å². The number of aryl methyl sites for hydroxylation is 2. The van der Waals surface area contributed by atoms with E-state index in [9.17, 15) is 17.6 Å². The number of carbonyl (C=O) groups is 1. The van der Waals surface area contributed by atoms with E-state index < -0.39 is 21.7 Å². The molecule has 5 nitrogen and oxygen atoms in total. The van der Waals surface area contributed by atoms with Crippen molar-refractivity contribution in [3.8, 4) is 0 Å². The summed E-state index contributed by atoms with van der Waals surface area (Å²) in [6.07, 6.45) is 1.75. The predicted octanol–water partition coefficient (Wildman–Crippen LogP) is 3.10. The number of benzene rings is 2. The average molecular weight is 364 g/mol. The Hall–Kier alpha value is -2.41. The molecule has 0 aliphatic rings. The van der Waals surface area contributed by atoms with Gasteiger partial charge in [0.05, 0.1) is 11.9 Å². The lowest BCUT2D eigenvalue weighted by atomic mass is 10.1. The summed E-state index contributed by atoms with van der Waals surface area (Å²) >= 11 is 0. The van der Waals surface area contributed by atoms with Crippen molar-refractivity contribution in [2.75, 3.05) is 22.4 Å². The lowest BCUT2D eigenvalue weighted by Crippen LogP contribution is -2.37. The van der Waals surface area contributed by atoms with Crippen LogP contribution in [0.25, 0.3) is 0 Å². The molecule has 2 rings (SSSR count). The molecule has 1 N–H and O–H groups in total. The van der Waals surface area contributed by atoms with Crippen LogP contribution in [0.4, 0.5) is 15.8 Å². The number of anilines is 2. The normalized spacial score (nSPS) is 11.2. The first kappa shape index (κ1) is 18.9. The van der Waals surface area contributed by atoms with Crippen LogP contribution in [0, 0.1) is 12.7 Å². The minimum absolute atomic E-state index is 0.236. The second-order valence-corrected chi connectivity index (χ2v) is 7.66. The van der Waals surface area contributed by atoms with E-state index in [2.05, 4.69) is 5.32 Å². The molecule has 134 valence electrons. The van der Waals surface area contributed by atoms with Crippen LogP contribution >= 0.6 is 0 Å². The van der Waals surface area contributed by atoms with Crippen LogP contribution < -0.4 is 9.62 Å². The molecule has 0 bridgehead atoms. The molecule has 0 atom stereocenters. The van der Waals surface area contributed by atoms with Crippen LogP contribution in [0.1, 0.15) is 18.1 Å². The Morgan fingerprint density at radius 3 is 2.36 bits per heavy atom. The number of hydrogen-bond donors (Lipinski definition) is 1. The Bertz CT molecular complexity index is 864. The van der Waals surface area contributed by atoms with Gasteiger partial charge in [0.25, 0.3) is 0 Å². The Kier molecular flexibility index (Phi) is 5.79. The fourth-order valence-electron chi connectivity index (χ4n) is 2.52. The summed E-state index contributed by atoms with van der Waals surface area (Å²) in [4.78, 5) is 12.4. The van der Waals surface area contributed by atoms with Crippen LogP contribution in [0.5, 0.6) is 0 Å². The van der Waals surface area contributed by atoms with Gasteiger partial charge in [0.2, 0.25) is 15.9 Å². The number of rotatable bonds is 6. The number of hydrogen-bond acceptors (Lipinski definition) is 3. The van der Waals surface area contributed by atoms with E-state index >= 15 is 0 Å². The molecule has 0 aromatic heterocycles. The van der Waals surface area contributed by atoms with Gasteiger partial charge in [-0.3, -0.25) is 9.10 Å². The third-order valence-corrected chi connectivity index (χ3v) is 4.95. The molecule has 0 fully saturated rings. The topological polar surface area (TPSA) is 66.5 Å². The number of nitrogens with zero attached hydrogens (tertiary/aromatic N) is 1. The summed E-state index contributed by atoms with van der Waals surface area (Å²) in [5, 5.41) is 2.79. The SMILES string of the molecule is CCc1cccc(C)c1NC(=O)CN(c1ccc(F)cc1)S(C)(=O)=O. The monoisotopic (exact) mass is 364 g/mol. The van der Waals surface area contributed by atoms with E-state index in [1.807, 2.05) is 32.0 Å². The van der Waals surface area contributed by atoms with Crippen LogP contribution in [0.2, 0.25) is 0 Å². The van der Waals surface area contributed by atoms with Crippen LogP contribution in [-0.4, -0.2) is 27.1 Å². The van der Waals surface area contributed by atoms with Crippen LogP contribution in [-0.2, 0) is 21.2 Å².